The molecule has 13 heavy (non-hydrogen) atoms. The number of hydrogen-bond donors (Lipinski definition) is 1. The first-order valence-corrected chi connectivity index (χ1v) is 4.69. The van der Waals surface area contributed by atoms with Crippen LogP contribution in [0.5, 0.6) is 0 Å². The summed E-state index contributed by atoms with van der Waals surface area (Å²) in [4.78, 5) is 11.4. The lowest BCUT2D eigenvalue weighted by molar-refractivity contribution is -0.149. The molecule has 0 amide bonds. The summed E-state index contributed by atoms with van der Waals surface area (Å²) in [6.45, 7) is 6.10. The maximum Gasteiger partial charge on any atom is 0.309 e. The van der Waals surface area contributed by atoms with Crippen LogP contribution in [-0.2, 0) is 9.53 Å². The standard InChI is InChI=1S/C10H19NO2/c1-9(2)7(8(12)13-4)5-6-10(9,3)11/h7H,5-6,11H2,1-4H3. The predicted octanol–water partition coefficient (Wildman–Crippen LogP) is 1.31. The van der Waals surface area contributed by atoms with Crippen LogP contribution >= 0.6 is 0 Å². The van der Waals surface area contributed by atoms with Gasteiger partial charge in [-0.3, -0.25) is 4.79 Å². The molecule has 0 aromatic rings. The Hall–Kier alpha value is -0.570. The van der Waals surface area contributed by atoms with Crippen molar-refractivity contribution in [1.82, 2.24) is 0 Å². The van der Waals surface area contributed by atoms with E-state index in [1.54, 1.807) is 0 Å². The van der Waals surface area contributed by atoms with Crippen LogP contribution in [0.1, 0.15) is 33.6 Å². The summed E-state index contributed by atoms with van der Waals surface area (Å²) in [6, 6.07) is 0. The fourth-order valence-electron chi connectivity index (χ4n) is 2.08. The summed E-state index contributed by atoms with van der Waals surface area (Å²) in [7, 11) is 1.44. The largest absolute Gasteiger partial charge is 0.469 e. The zero-order chi connectivity index (χ0) is 10.3. The van der Waals surface area contributed by atoms with Gasteiger partial charge < -0.3 is 10.5 Å². The summed E-state index contributed by atoms with van der Waals surface area (Å²) in [5.74, 6) is -0.174. The maximum absolute atomic E-state index is 11.4. The van der Waals surface area contributed by atoms with Crippen molar-refractivity contribution in [3.63, 3.8) is 0 Å². The third kappa shape index (κ3) is 1.46. The van der Waals surface area contributed by atoms with Crippen molar-refractivity contribution >= 4 is 5.97 Å². The average Bonchev–Trinajstić information content (AvgIpc) is 2.22. The molecule has 1 rings (SSSR count). The molecule has 3 heteroatoms. The van der Waals surface area contributed by atoms with Gasteiger partial charge >= 0.3 is 5.97 Å². The summed E-state index contributed by atoms with van der Waals surface area (Å²) < 4.78 is 4.77. The molecule has 1 saturated carbocycles. The summed E-state index contributed by atoms with van der Waals surface area (Å²) in [5, 5.41) is 0. The summed E-state index contributed by atoms with van der Waals surface area (Å²) >= 11 is 0. The molecule has 0 aromatic heterocycles. The van der Waals surface area contributed by atoms with Crippen molar-refractivity contribution in [3.8, 4) is 0 Å². The molecule has 2 N–H and O–H groups in total. The minimum atomic E-state index is -0.258. The van der Waals surface area contributed by atoms with Gasteiger partial charge in [0.15, 0.2) is 0 Å². The SMILES string of the molecule is COC(=O)C1CCC(C)(N)C1(C)C. The number of rotatable bonds is 1. The molecule has 3 nitrogen and oxygen atoms in total. The Bertz CT molecular complexity index is 221. The lowest BCUT2D eigenvalue weighted by atomic mass is 9.72. The molecule has 0 saturated heterocycles. The molecule has 0 spiro atoms. The van der Waals surface area contributed by atoms with Crippen molar-refractivity contribution < 1.29 is 9.53 Å². The highest BCUT2D eigenvalue weighted by atomic mass is 16.5. The molecule has 0 bridgehead atoms. The molecular formula is C10H19NO2. The lowest BCUT2D eigenvalue weighted by Crippen LogP contribution is -2.49. The van der Waals surface area contributed by atoms with Crippen LogP contribution in [0.15, 0.2) is 0 Å². The van der Waals surface area contributed by atoms with Crippen LogP contribution in [0.4, 0.5) is 0 Å². The lowest BCUT2D eigenvalue weighted by Gasteiger charge is -2.37. The molecule has 0 aliphatic heterocycles. The summed E-state index contributed by atoms with van der Waals surface area (Å²) in [5.41, 5.74) is 5.71. The highest BCUT2D eigenvalue weighted by Gasteiger charge is 2.52. The van der Waals surface area contributed by atoms with Crippen LogP contribution in [-0.4, -0.2) is 18.6 Å². The molecule has 0 radical (unpaired) electrons. The fraction of sp³-hybridized carbons (Fsp3) is 0.900. The van der Waals surface area contributed by atoms with E-state index >= 15 is 0 Å². The second-order valence-corrected chi connectivity index (χ2v) is 4.75. The van der Waals surface area contributed by atoms with Gasteiger partial charge in [-0.15, -0.1) is 0 Å². The van der Waals surface area contributed by atoms with Crippen LogP contribution in [0, 0.1) is 11.3 Å². The van der Waals surface area contributed by atoms with Crippen molar-refractivity contribution in [2.45, 2.75) is 39.2 Å². The molecule has 1 aliphatic carbocycles. The highest BCUT2D eigenvalue weighted by molar-refractivity contribution is 5.74. The van der Waals surface area contributed by atoms with E-state index in [1.807, 2.05) is 20.8 Å². The van der Waals surface area contributed by atoms with E-state index < -0.39 is 0 Å². The number of carbonyl (C=O) groups is 1. The Morgan fingerprint density at radius 1 is 1.46 bits per heavy atom. The van der Waals surface area contributed by atoms with Crippen molar-refractivity contribution in [3.05, 3.63) is 0 Å². The maximum atomic E-state index is 11.4. The van der Waals surface area contributed by atoms with E-state index in [-0.39, 0.29) is 22.8 Å². The molecule has 2 atom stereocenters. The number of carbonyl (C=O) groups excluding carboxylic acids is 1. The van der Waals surface area contributed by atoms with E-state index in [9.17, 15) is 4.79 Å². The van der Waals surface area contributed by atoms with Crippen LogP contribution < -0.4 is 5.73 Å². The fourth-order valence-corrected chi connectivity index (χ4v) is 2.08. The van der Waals surface area contributed by atoms with Gasteiger partial charge in [-0.2, -0.15) is 0 Å². The second kappa shape index (κ2) is 2.98. The van der Waals surface area contributed by atoms with E-state index in [2.05, 4.69) is 0 Å². The molecular weight excluding hydrogens is 166 g/mol. The zero-order valence-corrected chi connectivity index (χ0v) is 8.89. The number of methoxy groups -OCH3 is 1. The van der Waals surface area contributed by atoms with Crippen LogP contribution in [0.2, 0.25) is 0 Å². The van der Waals surface area contributed by atoms with Gasteiger partial charge in [-0.1, -0.05) is 13.8 Å². The summed E-state index contributed by atoms with van der Waals surface area (Å²) in [6.07, 6.45) is 1.73. The number of nitrogens with two attached hydrogens (primary N) is 1. The van der Waals surface area contributed by atoms with Gasteiger partial charge in [0.1, 0.15) is 0 Å². The smallest absolute Gasteiger partial charge is 0.309 e. The molecule has 76 valence electrons. The van der Waals surface area contributed by atoms with Crippen molar-refractivity contribution in [1.29, 1.82) is 0 Å². The topological polar surface area (TPSA) is 52.3 Å². The van der Waals surface area contributed by atoms with E-state index in [0.29, 0.717) is 0 Å². The number of hydrogen-bond acceptors (Lipinski definition) is 3. The molecule has 1 fully saturated rings. The van der Waals surface area contributed by atoms with E-state index in [0.717, 1.165) is 12.8 Å². The Labute approximate surface area is 79.6 Å². The van der Waals surface area contributed by atoms with E-state index in [1.165, 1.54) is 7.11 Å². The monoisotopic (exact) mass is 185 g/mol. The van der Waals surface area contributed by atoms with Gasteiger partial charge in [-0.25, -0.2) is 0 Å². The molecule has 2 unspecified atom stereocenters. The van der Waals surface area contributed by atoms with Crippen molar-refractivity contribution in [2.24, 2.45) is 17.1 Å². The van der Waals surface area contributed by atoms with Gasteiger partial charge in [0.05, 0.1) is 13.0 Å². The predicted molar refractivity (Wildman–Crippen MR) is 51.1 cm³/mol. The molecule has 1 aliphatic rings. The Kier molecular flexibility index (Phi) is 2.41. The van der Waals surface area contributed by atoms with Crippen LogP contribution in [0.25, 0.3) is 0 Å². The highest BCUT2D eigenvalue weighted by Crippen LogP contribution is 2.48. The quantitative estimate of drug-likeness (QED) is 0.627. The average molecular weight is 185 g/mol. The van der Waals surface area contributed by atoms with Gasteiger partial charge in [0.25, 0.3) is 0 Å². The van der Waals surface area contributed by atoms with Crippen molar-refractivity contribution in [2.75, 3.05) is 7.11 Å². The molecule has 0 aromatic carbocycles. The molecule has 0 heterocycles. The van der Waals surface area contributed by atoms with Gasteiger partial charge in [0, 0.05) is 5.54 Å². The first kappa shape index (κ1) is 10.5. The van der Waals surface area contributed by atoms with Gasteiger partial charge in [-0.05, 0) is 25.2 Å². The Morgan fingerprint density at radius 2 is 2.00 bits per heavy atom. The first-order valence-electron chi connectivity index (χ1n) is 4.69. The zero-order valence-electron chi connectivity index (χ0n) is 8.89. The third-order valence-electron chi connectivity index (χ3n) is 3.78. The minimum absolute atomic E-state index is 0.0486. The third-order valence-corrected chi connectivity index (χ3v) is 3.78. The second-order valence-electron chi connectivity index (χ2n) is 4.75. The normalized spacial score (nSPS) is 37.5. The van der Waals surface area contributed by atoms with Crippen LogP contribution in [0.3, 0.4) is 0 Å². The van der Waals surface area contributed by atoms with E-state index in [4.69, 9.17) is 10.5 Å². The Morgan fingerprint density at radius 3 is 2.31 bits per heavy atom. The minimum Gasteiger partial charge on any atom is -0.469 e. The Balaban J connectivity index is 2.88. The number of esters is 1. The first-order chi connectivity index (χ1) is 5.83. The number of ether oxygens (including phenoxy) is 1. The van der Waals surface area contributed by atoms with Gasteiger partial charge in [0.2, 0.25) is 0 Å².